The SMILES string of the molecule is O=C(CSc1ccc(F)cc1)Nc1ccc(F)c([N+](=O)[O-])c1. The minimum absolute atomic E-state index is 0.0385. The fourth-order valence-electron chi connectivity index (χ4n) is 1.61. The molecule has 114 valence electrons. The Labute approximate surface area is 128 Å². The maximum Gasteiger partial charge on any atom is 0.306 e. The van der Waals surface area contributed by atoms with Gasteiger partial charge in [0.05, 0.1) is 10.7 Å². The van der Waals surface area contributed by atoms with Gasteiger partial charge in [0, 0.05) is 16.6 Å². The summed E-state index contributed by atoms with van der Waals surface area (Å²) in [5.74, 6) is -1.71. The van der Waals surface area contributed by atoms with E-state index in [1.54, 1.807) is 0 Å². The van der Waals surface area contributed by atoms with Gasteiger partial charge in [-0.2, -0.15) is 4.39 Å². The molecule has 0 aliphatic carbocycles. The highest BCUT2D eigenvalue weighted by molar-refractivity contribution is 8.00. The molecule has 0 aliphatic heterocycles. The first kappa shape index (κ1) is 15.9. The smallest absolute Gasteiger partial charge is 0.306 e. The Kier molecular flexibility index (Phi) is 5.05. The van der Waals surface area contributed by atoms with Gasteiger partial charge in [-0.15, -0.1) is 11.8 Å². The number of hydrogen-bond acceptors (Lipinski definition) is 4. The average molecular weight is 324 g/mol. The molecule has 0 unspecified atom stereocenters. The standard InChI is InChI=1S/C14H10F2N2O3S/c15-9-1-4-11(5-2-9)22-8-14(19)17-10-3-6-12(16)13(7-10)18(20)21/h1-7H,8H2,(H,17,19). The number of anilines is 1. The number of nitrogens with one attached hydrogen (secondary N) is 1. The van der Waals surface area contributed by atoms with Gasteiger partial charge >= 0.3 is 5.69 Å². The largest absolute Gasteiger partial charge is 0.325 e. The zero-order valence-electron chi connectivity index (χ0n) is 11.1. The number of nitro groups is 1. The van der Waals surface area contributed by atoms with E-state index in [1.165, 1.54) is 42.1 Å². The molecule has 2 aromatic rings. The average Bonchev–Trinajstić information content (AvgIpc) is 2.48. The number of hydrogen-bond donors (Lipinski definition) is 1. The van der Waals surface area contributed by atoms with E-state index < -0.39 is 22.3 Å². The third kappa shape index (κ3) is 4.26. The van der Waals surface area contributed by atoms with Crippen molar-refractivity contribution in [2.24, 2.45) is 0 Å². The first-order chi connectivity index (χ1) is 10.5. The predicted molar refractivity (Wildman–Crippen MR) is 78.8 cm³/mol. The molecule has 0 atom stereocenters. The summed E-state index contributed by atoms with van der Waals surface area (Å²) in [5, 5.41) is 13.1. The van der Waals surface area contributed by atoms with Crippen LogP contribution in [0.2, 0.25) is 0 Å². The first-order valence-electron chi connectivity index (χ1n) is 6.08. The molecule has 0 spiro atoms. The number of amides is 1. The molecule has 22 heavy (non-hydrogen) atoms. The normalized spacial score (nSPS) is 10.3. The van der Waals surface area contributed by atoms with Crippen LogP contribution in [0.5, 0.6) is 0 Å². The lowest BCUT2D eigenvalue weighted by molar-refractivity contribution is -0.387. The number of halogens is 2. The molecule has 0 heterocycles. The van der Waals surface area contributed by atoms with Crippen LogP contribution >= 0.6 is 11.8 Å². The van der Waals surface area contributed by atoms with Crippen molar-refractivity contribution < 1.29 is 18.5 Å². The minimum Gasteiger partial charge on any atom is -0.325 e. The van der Waals surface area contributed by atoms with Crippen molar-refractivity contribution in [3.63, 3.8) is 0 Å². The molecular formula is C14H10F2N2O3S. The Morgan fingerprint density at radius 3 is 2.50 bits per heavy atom. The van der Waals surface area contributed by atoms with Crippen molar-refractivity contribution in [2.75, 3.05) is 11.1 Å². The van der Waals surface area contributed by atoms with Gasteiger partial charge in [-0.1, -0.05) is 0 Å². The topological polar surface area (TPSA) is 72.2 Å². The minimum atomic E-state index is -0.969. The van der Waals surface area contributed by atoms with E-state index in [4.69, 9.17) is 0 Å². The summed E-state index contributed by atoms with van der Waals surface area (Å²) in [6.07, 6.45) is 0. The lowest BCUT2D eigenvalue weighted by atomic mass is 10.2. The lowest BCUT2D eigenvalue weighted by Gasteiger charge is -2.05. The number of nitro benzene ring substituents is 1. The Bertz CT molecular complexity index is 708. The first-order valence-corrected chi connectivity index (χ1v) is 7.06. The van der Waals surface area contributed by atoms with Crippen LogP contribution in [0.1, 0.15) is 0 Å². The highest BCUT2D eigenvalue weighted by Crippen LogP contribution is 2.22. The van der Waals surface area contributed by atoms with Gasteiger partial charge in [-0.3, -0.25) is 14.9 Å². The summed E-state index contributed by atoms with van der Waals surface area (Å²) in [6.45, 7) is 0. The van der Waals surface area contributed by atoms with Gasteiger partial charge < -0.3 is 5.32 Å². The monoisotopic (exact) mass is 324 g/mol. The van der Waals surface area contributed by atoms with Crippen molar-refractivity contribution in [2.45, 2.75) is 4.90 Å². The molecule has 0 radical (unpaired) electrons. The van der Waals surface area contributed by atoms with Crippen molar-refractivity contribution in [3.8, 4) is 0 Å². The second kappa shape index (κ2) is 6.99. The van der Waals surface area contributed by atoms with Crippen LogP contribution in [0.3, 0.4) is 0 Å². The summed E-state index contributed by atoms with van der Waals surface area (Å²) in [4.78, 5) is 22.2. The molecule has 0 aromatic heterocycles. The van der Waals surface area contributed by atoms with Crippen LogP contribution < -0.4 is 5.32 Å². The molecule has 8 heteroatoms. The number of carbonyl (C=O) groups excluding carboxylic acids is 1. The summed E-state index contributed by atoms with van der Waals surface area (Å²) in [6, 6.07) is 8.75. The van der Waals surface area contributed by atoms with E-state index in [2.05, 4.69) is 5.32 Å². The third-order valence-corrected chi connectivity index (χ3v) is 3.62. The summed E-state index contributed by atoms with van der Waals surface area (Å²) in [7, 11) is 0. The van der Waals surface area contributed by atoms with E-state index in [9.17, 15) is 23.7 Å². The third-order valence-electron chi connectivity index (χ3n) is 2.61. The number of carbonyl (C=O) groups is 1. The molecule has 0 aliphatic rings. The summed E-state index contributed by atoms with van der Waals surface area (Å²) in [5.41, 5.74) is -0.568. The van der Waals surface area contributed by atoms with Crippen molar-refractivity contribution >= 4 is 29.0 Å². The van der Waals surface area contributed by atoms with Crippen LogP contribution in [0.15, 0.2) is 47.4 Å². The van der Waals surface area contributed by atoms with Crippen molar-refractivity contribution in [3.05, 3.63) is 64.2 Å². The molecule has 1 amide bonds. The summed E-state index contributed by atoms with van der Waals surface area (Å²) >= 11 is 1.18. The molecule has 2 aromatic carbocycles. The Morgan fingerprint density at radius 1 is 1.18 bits per heavy atom. The maximum atomic E-state index is 13.2. The van der Waals surface area contributed by atoms with Gasteiger partial charge in [-0.25, -0.2) is 4.39 Å². The van der Waals surface area contributed by atoms with Gasteiger partial charge in [0.15, 0.2) is 0 Å². The molecular weight excluding hydrogens is 314 g/mol. The van der Waals surface area contributed by atoms with Crippen molar-refractivity contribution in [1.29, 1.82) is 0 Å². The zero-order valence-corrected chi connectivity index (χ0v) is 11.9. The van der Waals surface area contributed by atoms with Crippen LogP contribution in [-0.4, -0.2) is 16.6 Å². The molecule has 0 bridgehead atoms. The molecule has 5 nitrogen and oxygen atoms in total. The predicted octanol–water partition coefficient (Wildman–Crippen LogP) is 3.60. The van der Waals surface area contributed by atoms with E-state index in [0.717, 1.165) is 12.1 Å². The fourth-order valence-corrected chi connectivity index (χ4v) is 2.31. The number of rotatable bonds is 5. The van der Waals surface area contributed by atoms with E-state index in [-0.39, 0.29) is 17.3 Å². The van der Waals surface area contributed by atoms with Gasteiger partial charge in [0.1, 0.15) is 5.82 Å². The maximum absolute atomic E-state index is 13.2. The number of nitrogens with zero attached hydrogens (tertiary/aromatic N) is 1. The quantitative estimate of drug-likeness (QED) is 0.518. The lowest BCUT2D eigenvalue weighted by Crippen LogP contribution is -2.14. The number of benzene rings is 2. The van der Waals surface area contributed by atoms with E-state index in [1.807, 2.05) is 0 Å². The van der Waals surface area contributed by atoms with E-state index in [0.29, 0.717) is 4.90 Å². The molecule has 0 fully saturated rings. The zero-order chi connectivity index (χ0) is 16.1. The Balaban J connectivity index is 1.96. The van der Waals surface area contributed by atoms with Crippen LogP contribution in [0, 0.1) is 21.7 Å². The van der Waals surface area contributed by atoms with Crippen molar-refractivity contribution in [1.82, 2.24) is 0 Å². The molecule has 0 saturated heterocycles. The van der Waals surface area contributed by atoms with Crippen LogP contribution in [0.4, 0.5) is 20.2 Å². The summed E-state index contributed by atoms with van der Waals surface area (Å²) < 4.78 is 25.9. The molecule has 2 rings (SSSR count). The van der Waals surface area contributed by atoms with Gasteiger partial charge in [-0.05, 0) is 36.4 Å². The Morgan fingerprint density at radius 2 is 1.86 bits per heavy atom. The second-order valence-corrected chi connectivity index (χ2v) is 5.26. The highest BCUT2D eigenvalue weighted by atomic mass is 32.2. The molecule has 0 saturated carbocycles. The second-order valence-electron chi connectivity index (χ2n) is 4.21. The number of thioether (sulfide) groups is 1. The van der Waals surface area contributed by atoms with Crippen LogP contribution in [0.25, 0.3) is 0 Å². The van der Waals surface area contributed by atoms with Gasteiger partial charge in [0.2, 0.25) is 11.7 Å². The fraction of sp³-hybridized carbons (Fsp3) is 0.0714. The highest BCUT2D eigenvalue weighted by Gasteiger charge is 2.15. The molecule has 1 N–H and O–H groups in total. The van der Waals surface area contributed by atoms with Crippen LogP contribution in [-0.2, 0) is 4.79 Å². The Hall–Kier alpha value is -2.48. The van der Waals surface area contributed by atoms with Gasteiger partial charge in [0.25, 0.3) is 0 Å². The van der Waals surface area contributed by atoms with E-state index >= 15 is 0 Å².